The number of thiazole rings is 1. The first-order chi connectivity index (χ1) is 19.2. The lowest BCUT2D eigenvalue weighted by atomic mass is 9.92. The van der Waals surface area contributed by atoms with Gasteiger partial charge in [-0.2, -0.15) is 0 Å². The van der Waals surface area contributed by atoms with Gasteiger partial charge < -0.3 is 9.47 Å². The second-order valence-electron chi connectivity index (χ2n) is 9.65. The molecule has 0 saturated carbocycles. The van der Waals surface area contributed by atoms with Crippen molar-refractivity contribution >= 4 is 55.2 Å². The SMILES string of the molecule is C=CCOc1c(Br)cc(/C=c2\sc3n(c2=O)[C@@H](c2ccc(C(C)C)cc2)C(C(=O)OCC)=C(CCC)N=3)cc1Br. The van der Waals surface area contributed by atoms with Crippen LogP contribution in [0.2, 0.25) is 0 Å². The largest absolute Gasteiger partial charge is 0.487 e. The van der Waals surface area contributed by atoms with E-state index in [-0.39, 0.29) is 12.2 Å². The number of allylic oxidation sites excluding steroid dienone is 1. The Kier molecular flexibility index (Phi) is 10.0. The van der Waals surface area contributed by atoms with Crippen molar-refractivity contribution in [3.05, 3.63) is 106 Å². The number of hydrogen-bond acceptors (Lipinski definition) is 6. The van der Waals surface area contributed by atoms with Crippen LogP contribution in [0.3, 0.4) is 0 Å². The van der Waals surface area contributed by atoms with E-state index in [4.69, 9.17) is 14.5 Å². The molecule has 0 amide bonds. The van der Waals surface area contributed by atoms with Crippen molar-refractivity contribution in [3.8, 4) is 5.75 Å². The van der Waals surface area contributed by atoms with Crippen molar-refractivity contribution in [3.63, 3.8) is 0 Å². The summed E-state index contributed by atoms with van der Waals surface area (Å²) in [7, 11) is 0. The van der Waals surface area contributed by atoms with Gasteiger partial charge in [-0.05, 0) is 86.0 Å². The second kappa shape index (κ2) is 13.3. The zero-order valence-electron chi connectivity index (χ0n) is 23.0. The van der Waals surface area contributed by atoms with Gasteiger partial charge in [0.2, 0.25) is 0 Å². The Hall–Kier alpha value is -2.75. The molecule has 3 aromatic rings. The van der Waals surface area contributed by atoms with Gasteiger partial charge in [0.25, 0.3) is 5.56 Å². The number of rotatable bonds is 10. The first-order valence-corrected chi connectivity index (χ1v) is 15.6. The van der Waals surface area contributed by atoms with Gasteiger partial charge >= 0.3 is 5.97 Å². The van der Waals surface area contributed by atoms with Crippen molar-refractivity contribution < 1.29 is 14.3 Å². The Morgan fingerprint density at radius 3 is 2.42 bits per heavy atom. The molecule has 1 aliphatic rings. The van der Waals surface area contributed by atoms with Crippen LogP contribution in [-0.4, -0.2) is 23.8 Å². The molecule has 0 N–H and O–H groups in total. The van der Waals surface area contributed by atoms with E-state index in [1.54, 1.807) is 17.6 Å². The molecule has 0 aliphatic carbocycles. The Labute approximate surface area is 255 Å². The number of aromatic nitrogens is 1. The summed E-state index contributed by atoms with van der Waals surface area (Å²) in [6.07, 6.45) is 4.92. The van der Waals surface area contributed by atoms with Gasteiger partial charge in [-0.3, -0.25) is 9.36 Å². The topological polar surface area (TPSA) is 69.9 Å². The third-order valence-corrected chi connectivity index (χ3v) is 8.64. The highest BCUT2D eigenvalue weighted by molar-refractivity contribution is 9.11. The van der Waals surface area contributed by atoms with Crippen LogP contribution in [0.15, 0.2) is 79.1 Å². The van der Waals surface area contributed by atoms with Crippen molar-refractivity contribution in [2.24, 2.45) is 4.99 Å². The molecule has 0 fully saturated rings. The fraction of sp³-hybridized carbons (Fsp3) is 0.323. The minimum atomic E-state index is -0.631. The number of carbonyl (C=O) groups is 1. The van der Waals surface area contributed by atoms with Crippen molar-refractivity contribution in [2.45, 2.75) is 52.5 Å². The van der Waals surface area contributed by atoms with E-state index in [1.807, 2.05) is 37.3 Å². The van der Waals surface area contributed by atoms with E-state index in [1.165, 1.54) is 16.9 Å². The molecule has 0 unspecified atom stereocenters. The predicted molar refractivity (Wildman–Crippen MR) is 168 cm³/mol. The van der Waals surface area contributed by atoms with Crippen LogP contribution in [-0.2, 0) is 9.53 Å². The van der Waals surface area contributed by atoms with Gasteiger partial charge in [-0.1, -0.05) is 75.4 Å². The standard InChI is InChI=1S/C31H32Br2N2O4S/c1-6-9-24-26(30(37)38-8-3)27(21-12-10-20(11-13-21)18(4)5)35-29(36)25(40-31(35)34-24)17-19-15-22(32)28(23(33)16-19)39-14-7-2/h7,10-13,15-18,27H,2,6,8-9,14H2,1,3-5H3/b25-17-/t27-/m0/s1. The molecule has 4 rings (SSSR count). The highest BCUT2D eigenvalue weighted by Crippen LogP contribution is 2.36. The van der Waals surface area contributed by atoms with Crippen molar-refractivity contribution in [1.29, 1.82) is 0 Å². The molecule has 9 heteroatoms. The molecule has 6 nitrogen and oxygen atoms in total. The molecular formula is C31H32Br2N2O4S. The average molecular weight is 688 g/mol. The molecule has 0 spiro atoms. The Bertz CT molecular complexity index is 1610. The number of benzene rings is 2. The fourth-order valence-electron chi connectivity index (χ4n) is 4.59. The normalized spacial score (nSPS) is 15.2. The molecule has 0 saturated heterocycles. The highest BCUT2D eigenvalue weighted by Gasteiger charge is 2.34. The van der Waals surface area contributed by atoms with E-state index in [0.717, 1.165) is 26.5 Å². The molecule has 40 heavy (non-hydrogen) atoms. The van der Waals surface area contributed by atoms with Crippen molar-refractivity contribution in [2.75, 3.05) is 13.2 Å². The lowest BCUT2D eigenvalue weighted by Gasteiger charge is -2.26. The maximum absolute atomic E-state index is 14.0. The van der Waals surface area contributed by atoms with Crippen LogP contribution in [0, 0.1) is 0 Å². The molecule has 210 valence electrons. The highest BCUT2D eigenvalue weighted by atomic mass is 79.9. The van der Waals surface area contributed by atoms with E-state index < -0.39 is 12.0 Å². The van der Waals surface area contributed by atoms with Crippen LogP contribution in [0.5, 0.6) is 5.75 Å². The van der Waals surface area contributed by atoms with Gasteiger partial charge in [0.1, 0.15) is 12.4 Å². The quantitative estimate of drug-likeness (QED) is 0.174. The van der Waals surface area contributed by atoms with Gasteiger partial charge in [0, 0.05) is 0 Å². The van der Waals surface area contributed by atoms with Gasteiger partial charge in [0.15, 0.2) is 4.80 Å². The lowest BCUT2D eigenvalue weighted by molar-refractivity contribution is -0.139. The summed E-state index contributed by atoms with van der Waals surface area (Å²) in [5.74, 6) is 0.579. The van der Waals surface area contributed by atoms with Gasteiger partial charge in [0.05, 0.1) is 37.4 Å². The minimum Gasteiger partial charge on any atom is -0.487 e. The molecule has 1 aliphatic heterocycles. The molecule has 2 aromatic carbocycles. The summed E-state index contributed by atoms with van der Waals surface area (Å²) in [6.45, 7) is 12.4. The van der Waals surface area contributed by atoms with Crippen LogP contribution in [0.25, 0.3) is 6.08 Å². The number of nitrogens with zero attached hydrogens (tertiary/aromatic N) is 2. The van der Waals surface area contributed by atoms with Crippen LogP contribution in [0.1, 0.15) is 69.2 Å². The molecule has 0 radical (unpaired) electrons. The summed E-state index contributed by atoms with van der Waals surface area (Å²) in [6, 6.07) is 11.3. The van der Waals surface area contributed by atoms with Crippen LogP contribution >= 0.6 is 43.2 Å². The maximum atomic E-state index is 14.0. The summed E-state index contributed by atoms with van der Waals surface area (Å²) in [4.78, 5) is 32.8. The van der Waals surface area contributed by atoms with E-state index >= 15 is 0 Å². The fourth-order valence-corrected chi connectivity index (χ4v) is 7.06. The van der Waals surface area contributed by atoms with E-state index in [0.29, 0.717) is 45.3 Å². The third-order valence-electron chi connectivity index (χ3n) is 6.47. The zero-order chi connectivity index (χ0) is 29.0. The first kappa shape index (κ1) is 30.2. The first-order valence-electron chi connectivity index (χ1n) is 13.2. The minimum absolute atomic E-state index is 0.210. The summed E-state index contributed by atoms with van der Waals surface area (Å²) in [5.41, 5.74) is 3.72. The molecule has 2 heterocycles. The summed E-state index contributed by atoms with van der Waals surface area (Å²) >= 11 is 8.46. The summed E-state index contributed by atoms with van der Waals surface area (Å²) < 4.78 is 14.9. The average Bonchev–Trinajstić information content (AvgIpc) is 3.22. The number of ether oxygens (including phenoxy) is 2. The number of esters is 1. The van der Waals surface area contributed by atoms with E-state index in [2.05, 4.69) is 64.4 Å². The smallest absolute Gasteiger partial charge is 0.338 e. The zero-order valence-corrected chi connectivity index (χ0v) is 27.0. The summed E-state index contributed by atoms with van der Waals surface area (Å²) in [5, 5.41) is 0. The molecule has 1 aromatic heterocycles. The molecule has 1 atom stereocenters. The Morgan fingerprint density at radius 2 is 1.85 bits per heavy atom. The number of carbonyl (C=O) groups excluding carboxylic acids is 1. The van der Waals surface area contributed by atoms with Crippen LogP contribution < -0.4 is 19.6 Å². The monoisotopic (exact) mass is 686 g/mol. The number of halogens is 2. The van der Waals surface area contributed by atoms with Crippen LogP contribution in [0.4, 0.5) is 0 Å². The molecular weight excluding hydrogens is 656 g/mol. The maximum Gasteiger partial charge on any atom is 0.338 e. The van der Waals surface area contributed by atoms with E-state index in [9.17, 15) is 9.59 Å². The Morgan fingerprint density at radius 1 is 1.18 bits per heavy atom. The lowest BCUT2D eigenvalue weighted by Crippen LogP contribution is -2.40. The Balaban J connectivity index is 1.93. The number of hydrogen-bond donors (Lipinski definition) is 0. The van der Waals surface area contributed by atoms with Gasteiger partial charge in [-0.15, -0.1) is 0 Å². The third kappa shape index (κ3) is 6.26. The van der Waals surface area contributed by atoms with Gasteiger partial charge in [-0.25, -0.2) is 9.79 Å². The number of fused-ring (bicyclic) bond motifs is 1. The molecule has 0 bridgehead atoms. The second-order valence-corrected chi connectivity index (χ2v) is 12.4. The predicted octanol–water partition coefficient (Wildman–Crippen LogP) is 6.79. The van der Waals surface area contributed by atoms with Crippen molar-refractivity contribution in [1.82, 2.24) is 4.57 Å².